The summed E-state index contributed by atoms with van der Waals surface area (Å²) in [6.45, 7) is 3.12. The molecule has 0 amide bonds. The molecule has 5 heteroatoms. The minimum atomic E-state index is 0.290. The second-order valence-corrected chi connectivity index (χ2v) is 5.50. The lowest BCUT2D eigenvalue weighted by molar-refractivity contribution is 0.235. The topological polar surface area (TPSA) is 67.7 Å². The number of anilines is 1. The Labute approximate surface area is 111 Å². The fourth-order valence-corrected chi connectivity index (χ4v) is 3.31. The average Bonchev–Trinajstić information content (AvgIpc) is 3.03. The minimum Gasteiger partial charge on any atom is -0.368 e. The second-order valence-electron chi connectivity index (χ2n) is 5.50. The number of nitrogens with zero attached hydrogens (tertiary/aromatic N) is 3. The third-order valence-electron chi connectivity index (χ3n) is 4.45. The Kier molecular flexibility index (Phi) is 2.12. The molecule has 0 bridgehead atoms. The first-order valence-electron chi connectivity index (χ1n) is 6.68. The molecule has 2 aliphatic heterocycles. The van der Waals surface area contributed by atoms with Crippen molar-refractivity contribution in [2.75, 3.05) is 24.5 Å². The summed E-state index contributed by atoms with van der Waals surface area (Å²) in [5.41, 5.74) is 2.86. The van der Waals surface area contributed by atoms with E-state index in [1.165, 1.54) is 6.42 Å². The number of hydrogen-bond donors (Lipinski definition) is 2. The number of H-pyrrole nitrogens is 1. The maximum atomic E-state index is 9.33. The van der Waals surface area contributed by atoms with Gasteiger partial charge in [0.15, 0.2) is 0 Å². The smallest absolute Gasteiger partial charge is 0.139 e. The molecule has 1 spiro atoms. The zero-order chi connectivity index (χ0) is 12.9. The van der Waals surface area contributed by atoms with Crippen molar-refractivity contribution in [1.29, 1.82) is 5.26 Å². The number of aromatic nitrogens is 2. The number of rotatable bonds is 1. The third kappa shape index (κ3) is 1.47. The van der Waals surface area contributed by atoms with E-state index in [1.54, 1.807) is 6.20 Å². The van der Waals surface area contributed by atoms with Gasteiger partial charge < -0.3 is 15.2 Å². The standard InChI is InChI=1S/C14H15N5/c15-7-10-8-17-13-11(1-4-16-13)12(10)19-6-3-14(9-19)2-5-18-14/h1,4,8,18H,2-3,5-6,9H2,(H,16,17). The molecule has 4 rings (SSSR count). The molecule has 96 valence electrons. The minimum absolute atomic E-state index is 0.290. The van der Waals surface area contributed by atoms with Crippen LogP contribution in [0.25, 0.3) is 11.0 Å². The van der Waals surface area contributed by atoms with Gasteiger partial charge in [-0.1, -0.05) is 0 Å². The van der Waals surface area contributed by atoms with E-state index in [4.69, 9.17) is 0 Å². The van der Waals surface area contributed by atoms with Crippen LogP contribution in [0.15, 0.2) is 18.5 Å². The molecule has 4 heterocycles. The molecule has 2 aliphatic rings. The highest BCUT2D eigenvalue weighted by Crippen LogP contribution is 2.37. The van der Waals surface area contributed by atoms with E-state index in [0.29, 0.717) is 11.1 Å². The lowest BCUT2D eigenvalue weighted by atomic mass is 9.87. The van der Waals surface area contributed by atoms with E-state index in [-0.39, 0.29) is 0 Å². The van der Waals surface area contributed by atoms with Crippen molar-refractivity contribution in [3.8, 4) is 6.07 Å². The van der Waals surface area contributed by atoms with Gasteiger partial charge in [0.25, 0.3) is 0 Å². The molecular weight excluding hydrogens is 238 g/mol. The van der Waals surface area contributed by atoms with Crippen molar-refractivity contribution in [2.24, 2.45) is 0 Å². The van der Waals surface area contributed by atoms with Crippen LogP contribution < -0.4 is 10.2 Å². The van der Waals surface area contributed by atoms with Crippen LogP contribution in [0.3, 0.4) is 0 Å². The van der Waals surface area contributed by atoms with Gasteiger partial charge >= 0.3 is 0 Å². The molecule has 1 atom stereocenters. The molecule has 19 heavy (non-hydrogen) atoms. The third-order valence-corrected chi connectivity index (χ3v) is 4.45. The number of nitriles is 1. The lowest BCUT2D eigenvalue weighted by Gasteiger charge is -2.40. The van der Waals surface area contributed by atoms with Crippen LogP contribution in [0.5, 0.6) is 0 Å². The van der Waals surface area contributed by atoms with Gasteiger partial charge in [-0.3, -0.25) is 0 Å². The molecule has 2 saturated heterocycles. The van der Waals surface area contributed by atoms with Crippen molar-refractivity contribution < 1.29 is 0 Å². The molecule has 2 fully saturated rings. The Morgan fingerprint density at radius 1 is 1.42 bits per heavy atom. The summed E-state index contributed by atoms with van der Waals surface area (Å²) >= 11 is 0. The van der Waals surface area contributed by atoms with Gasteiger partial charge in [0.2, 0.25) is 0 Å². The van der Waals surface area contributed by atoms with Gasteiger partial charge in [-0.05, 0) is 25.5 Å². The van der Waals surface area contributed by atoms with Gasteiger partial charge in [0.05, 0.1) is 11.3 Å². The Bertz CT molecular complexity index is 677. The molecule has 2 aromatic heterocycles. The molecule has 5 nitrogen and oxygen atoms in total. The first kappa shape index (κ1) is 10.8. The molecular formula is C14H15N5. The van der Waals surface area contributed by atoms with Gasteiger partial charge in [0.1, 0.15) is 11.7 Å². The normalized spacial score (nSPS) is 25.7. The Balaban J connectivity index is 1.81. The summed E-state index contributed by atoms with van der Waals surface area (Å²) in [4.78, 5) is 9.75. The predicted molar refractivity (Wildman–Crippen MR) is 73.0 cm³/mol. The van der Waals surface area contributed by atoms with Crippen LogP contribution in [0.4, 0.5) is 5.69 Å². The van der Waals surface area contributed by atoms with E-state index in [0.717, 1.165) is 42.8 Å². The van der Waals surface area contributed by atoms with E-state index < -0.39 is 0 Å². The average molecular weight is 253 g/mol. The molecule has 2 N–H and O–H groups in total. The van der Waals surface area contributed by atoms with E-state index in [2.05, 4.69) is 26.3 Å². The van der Waals surface area contributed by atoms with E-state index in [9.17, 15) is 5.26 Å². The maximum Gasteiger partial charge on any atom is 0.139 e. The highest BCUT2D eigenvalue weighted by molar-refractivity contribution is 5.93. The highest BCUT2D eigenvalue weighted by Gasteiger charge is 2.43. The van der Waals surface area contributed by atoms with Crippen LogP contribution in [-0.4, -0.2) is 35.1 Å². The molecule has 0 aliphatic carbocycles. The molecule has 0 radical (unpaired) electrons. The second kappa shape index (κ2) is 3.72. The zero-order valence-electron chi connectivity index (χ0n) is 10.6. The molecule has 0 saturated carbocycles. The lowest BCUT2D eigenvalue weighted by Crippen LogP contribution is -2.58. The van der Waals surface area contributed by atoms with Crippen LogP contribution in [0.2, 0.25) is 0 Å². The zero-order valence-corrected chi connectivity index (χ0v) is 10.6. The fourth-order valence-electron chi connectivity index (χ4n) is 3.31. The van der Waals surface area contributed by atoms with Crippen LogP contribution in [0.1, 0.15) is 18.4 Å². The first-order valence-corrected chi connectivity index (χ1v) is 6.68. The number of pyridine rings is 1. The van der Waals surface area contributed by atoms with E-state index >= 15 is 0 Å². The van der Waals surface area contributed by atoms with Crippen molar-refractivity contribution in [3.05, 3.63) is 24.0 Å². The van der Waals surface area contributed by atoms with Crippen LogP contribution >= 0.6 is 0 Å². The highest BCUT2D eigenvalue weighted by atomic mass is 15.2. The summed E-state index contributed by atoms with van der Waals surface area (Å²) in [6.07, 6.45) is 5.96. The summed E-state index contributed by atoms with van der Waals surface area (Å²) in [5.74, 6) is 0. The SMILES string of the molecule is N#Cc1cnc2[nH]ccc2c1N1CCC2(CCN2)C1. The Hall–Kier alpha value is -2.06. The van der Waals surface area contributed by atoms with Crippen LogP contribution in [-0.2, 0) is 0 Å². The maximum absolute atomic E-state index is 9.33. The Morgan fingerprint density at radius 2 is 2.32 bits per heavy atom. The van der Waals surface area contributed by atoms with Crippen molar-refractivity contribution >= 4 is 16.7 Å². The molecule has 1 unspecified atom stereocenters. The van der Waals surface area contributed by atoms with Gasteiger partial charge in [-0.2, -0.15) is 5.26 Å². The quantitative estimate of drug-likeness (QED) is 0.805. The molecule has 0 aromatic carbocycles. The number of aromatic amines is 1. The first-order chi connectivity index (χ1) is 9.31. The fraction of sp³-hybridized carbons (Fsp3) is 0.429. The van der Waals surface area contributed by atoms with Crippen molar-refractivity contribution in [1.82, 2.24) is 15.3 Å². The molecule has 2 aromatic rings. The largest absolute Gasteiger partial charge is 0.368 e. The van der Waals surface area contributed by atoms with Gasteiger partial charge in [-0.15, -0.1) is 0 Å². The summed E-state index contributed by atoms with van der Waals surface area (Å²) < 4.78 is 0. The summed E-state index contributed by atoms with van der Waals surface area (Å²) in [6, 6.07) is 4.29. The number of nitrogens with one attached hydrogen (secondary N) is 2. The Morgan fingerprint density at radius 3 is 3.00 bits per heavy atom. The predicted octanol–water partition coefficient (Wildman–Crippen LogP) is 1.38. The van der Waals surface area contributed by atoms with Gasteiger partial charge in [0, 0.05) is 36.4 Å². The number of hydrogen-bond acceptors (Lipinski definition) is 4. The van der Waals surface area contributed by atoms with E-state index in [1.807, 2.05) is 12.3 Å². The van der Waals surface area contributed by atoms with Crippen LogP contribution in [0, 0.1) is 11.3 Å². The van der Waals surface area contributed by atoms with Gasteiger partial charge in [-0.25, -0.2) is 4.98 Å². The van der Waals surface area contributed by atoms with Crippen molar-refractivity contribution in [2.45, 2.75) is 18.4 Å². The monoisotopic (exact) mass is 253 g/mol. The summed E-state index contributed by atoms with van der Waals surface area (Å²) in [7, 11) is 0. The summed E-state index contributed by atoms with van der Waals surface area (Å²) in [5, 5.41) is 13.9. The van der Waals surface area contributed by atoms with Crippen molar-refractivity contribution in [3.63, 3.8) is 0 Å². The number of fused-ring (bicyclic) bond motifs is 1.